The van der Waals surface area contributed by atoms with Crippen LogP contribution in [0, 0.1) is 0 Å². The Bertz CT molecular complexity index is 427. The number of rotatable bonds is 4. The van der Waals surface area contributed by atoms with E-state index in [4.69, 9.17) is 4.74 Å². The van der Waals surface area contributed by atoms with Crippen molar-refractivity contribution in [3.05, 3.63) is 29.3 Å². The molecule has 1 N–H and O–H groups in total. The second-order valence-electron chi connectivity index (χ2n) is 3.75. The maximum Gasteiger partial charge on any atom is 0.308 e. The Morgan fingerprint density at radius 1 is 1.29 bits per heavy atom. The van der Waals surface area contributed by atoms with Gasteiger partial charge in [0, 0.05) is 26.0 Å². The fourth-order valence-corrected chi connectivity index (χ4v) is 1.61. The highest BCUT2D eigenvalue weighted by atomic mass is 16.5. The molecule has 0 atom stereocenters. The van der Waals surface area contributed by atoms with Gasteiger partial charge in [-0.1, -0.05) is 19.1 Å². The van der Waals surface area contributed by atoms with Crippen molar-refractivity contribution in [2.75, 3.05) is 0 Å². The lowest BCUT2D eigenvalue weighted by Gasteiger charge is -2.13. The lowest BCUT2D eigenvalue weighted by atomic mass is 10.0. The predicted octanol–water partition coefficient (Wildman–Crippen LogP) is 1.81. The van der Waals surface area contributed by atoms with Crippen molar-refractivity contribution in [1.29, 1.82) is 0 Å². The maximum absolute atomic E-state index is 11.0. The molecule has 4 heteroatoms. The SMILES string of the molecule is CCc1cccc(OC(C)=O)c1CNC(C)=O. The van der Waals surface area contributed by atoms with E-state index in [1.165, 1.54) is 13.8 Å². The van der Waals surface area contributed by atoms with Crippen LogP contribution in [0.4, 0.5) is 0 Å². The molecule has 1 amide bonds. The quantitative estimate of drug-likeness (QED) is 0.639. The summed E-state index contributed by atoms with van der Waals surface area (Å²) in [4.78, 5) is 21.9. The largest absolute Gasteiger partial charge is 0.426 e. The summed E-state index contributed by atoms with van der Waals surface area (Å²) in [6, 6.07) is 5.54. The molecule has 0 aliphatic carbocycles. The number of amides is 1. The molecule has 0 saturated heterocycles. The number of hydrogen-bond acceptors (Lipinski definition) is 3. The highest BCUT2D eigenvalue weighted by Gasteiger charge is 2.10. The smallest absolute Gasteiger partial charge is 0.308 e. The minimum Gasteiger partial charge on any atom is -0.426 e. The van der Waals surface area contributed by atoms with Gasteiger partial charge in [-0.15, -0.1) is 0 Å². The van der Waals surface area contributed by atoms with Crippen LogP contribution in [0.2, 0.25) is 0 Å². The number of carbonyl (C=O) groups is 2. The topological polar surface area (TPSA) is 55.4 Å². The van der Waals surface area contributed by atoms with Gasteiger partial charge in [0.2, 0.25) is 5.91 Å². The molecule has 0 bridgehead atoms. The van der Waals surface area contributed by atoms with Gasteiger partial charge in [0.05, 0.1) is 0 Å². The van der Waals surface area contributed by atoms with E-state index < -0.39 is 0 Å². The van der Waals surface area contributed by atoms with E-state index in [9.17, 15) is 9.59 Å². The van der Waals surface area contributed by atoms with Crippen LogP contribution < -0.4 is 10.1 Å². The second kappa shape index (κ2) is 6.03. The molecule has 0 saturated carbocycles. The van der Waals surface area contributed by atoms with Crippen LogP contribution in [0.3, 0.4) is 0 Å². The van der Waals surface area contributed by atoms with E-state index in [-0.39, 0.29) is 11.9 Å². The molecule has 4 nitrogen and oxygen atoms in total. The Hall–Kier alpha value is -1.84. The van der Waals surface area contributed by atoms with Crippen molar-refractivity contribution in [2.24, 2.45) is 0 Å². The normalized spacial score (nSPS) is 9.82. The van der Waals surface area contributed by atoms with E-state index in [1.54, 1.807) is 6.07 Å². The van der Waals surface area contributed by atoms with Crippen molar-refractivity contribution in [2.45, 2.75) is 33.7 Å². The van der Waals surface area contributed by atoms with Crippen molar-refractivity contribution in [3.8, 4) is 5.75 Å². The lowest BCUT2D eigenvalue weighted by molar-refractivity contribution is -0.131. The van der Waals surface area contributed by atoms with Crippen molar-refractivity contribution in [3.63, 3.8) is 0 Å². The van der Waals surface area contributed by atoms with Gasteiger partial charge >= 0.3 is 5.97 Å². The van der Waals surface area contributed by atoms with E-state index in [1.807, 2.05) is 19.1 Å². The van der Waals surface area contributed by atoms with E-state index in [0.717, 1.165) is 17.5 Å². The first-order chi connectivity index (χ1) is 8.04. The number of carbonyl (C=O) groups excluding carboxylic acids is 2. The molecular formula is C13H17NO3. The maximum atomic E-state index is 11.0. The van der Waals surface area contributed by atoms with Crippen molar-refractivity contribution in [1.82, 2.24) is 5.32 Å². The van der Waals surface area contributed by atoms with Crippen LogP contribution in [0.5, 0.6) is 5.75 Å². The van der Waals surface area contributed by atoms with E-state index in [0.29, 0.717) is 12.3 Å². The molecule has 0 fully saturated rings. The van der Waals surface area contributed by atoms with Crippen molar-refractivity contribution < 1.29 is 14.3 Å². The molecule has 1 aromatic rings. The number of esters is 1. The second-order valence-corrected chi connectivity index (χ2v) is 3.75. The standard InChI is InChI=1S/C13H17NO3/c1-4-11-6-5-7-13(17-10(3)16)12(11)8-14-9(2)15/h5-7H,4,8H2,1-3H3,(H,14,15). The number of benzene rings is 1. The fourth-order valence-electron chi connectivity index (χ4n) is 1.61. The first-order valence-electron chi connectivity index (χ1n) is 5.58. The van der Waals surface area contributed by atoms with Gasteiger partial charge < -0.3 is 10.1 Å². The van der Waals surface area contributed by atoms with Crippen LogP contribution in [-0.2, 0) is 22.6 Å². The summed E-state index contributed by atoms with van der Waals surface area (Å²) in [7, 11) is 0. The summed E-state index contributed by atoms with van der Waals surface area (Å²) in [5, 5.41) is 2.72. The Morgan fingerprint density at radius 3 is 2.53 bits per heavy atom. The van der Waals surface area contributed by atoms with E-state index in [2.05, 4.69) is 5.32 Å². The third kappa shape index (κ3) is 3.90. The van der Waals surface area contributed by atoms with Gasteiger partial charge in [-0.2, -0.15) is 0 Å². The Labute approximate surface area is 101 Å². The van der Waals surface area contributed by atoms with Crippen LogP contribution in [0.25, 0.3) is 0 Å². The molecule has 17 heavy (non-hydrogen) atoms. The first-order valence-corrected chi connectivity index (χ1v) is 5.58. The summed E-state index contributed by atoms with van der Waals surface area (Å²) in [5.74, 6) is 0.0533. The van der Waals surface area contributed by atoms with Gasteiger partial charge in [0.15, 0.2) is 0 Å². The molecule has 92 valence electrons. The molecule has 0 aliphatic rings. The number of aryl methyl sites for hydroxylation is 1. The number of hydrogen-bond donors (Lipinski definition) is 1. The third-order valence-corrected chi connectivity index (χ3v) is 2.38. The zero-order chi connectivity index (χ0) is 12.8. The summed E-state index contributed by atoms with van der Waals surface area (Å²) in [6.07, 6.45) is 0.823. The molecule has 1 rings (SSSR count). The van der Waals surface area contributed by atoms with E-state index >= 15 is 0 Å². The fraction of sp³-hybridized carbons (Fsp3) is 0.385. The third-order valence-electron chi connectivity index (χ3n) is 2.38. The number of nitrogens with one attached hydrogen (secondary N) is 1. The summed E-state index contributed by atoms with van der Waals surface area (Å²) < 4.78 is 5.13. The Kier molecular flexibility index (Phi) is 4.69. The lowest BCUT2D eigenvalue weighted by Crippen LogP contribution is -2.20. The van der Waals surface area contributed by atoms with Crippen LogP contribution in [-0.4, -0.2) is 11.9 Å². The Morgan fingerprint density at radius 2 is 2.00 bits per heavy atom. The van der Waals surface area contributed by atoms with Gasteiger partial charge in [0.1, 0.15) is 5.75 Å². The Balaban J connectivity index is 3.01. The van der Waals surface area contributed by atoms with Crippen LogP contribution in [0.1, 0.15) is 31.9 Å². The van der Waals surface area contributed by atoms with Gasteiger partial charge in [0.25, 0.3) is 0 Å². The number of ether oxygens (including phenoxy) is 1. The molecule has 0 spiro atoms. The van der Waals surface area contributed by atoms with Crippen LogP contribution in [0.15, 0.2) is 18.2 Å². The van der Waals surface area contributed by atoms with Crippen molar-refractivity contribution >= 4 is 11.9 Å². The molecule has 0 unspecified atom stereocenters. The predicted molar refractivity (Wildman–Crippen MR) is 64.6 cm³/mol. The van der Waals surface area contributed by atoms with Gasteiger partial charge in [-0.25, -0.2) is 0 Å². The molecular weight excluding hydrogens is 218 g/mol. The van der Waals surface area contributed by atoms with Crippen LogP contribution >= 0.6 is 0 Å². The summed E-state index contributed by atoms with van der Waals surface area (Å²) >= 11 is 0. The molecule has 1 aromatic carbocycles. The molecule has 0 radical (unpaired) electrons. The average Bonchev–Trinajstić information content (AvgIpc) is 2.26. The zero-order valence-electron chi connectivity index (χ0n) is 10.4. The van der Waals surface area contributed by atoms with Gasteiger partial charge in [-0.05, 0) is 18.1 Å². The highest BCUT2D eigenvalue weighted by Crippen LogP contribution is 2.23. The minimum absolute atomic E-state index is 0.107. The zero-order valence-corrected chi connectivity index (χ0v) is 10.4. The minimum atomic E-state index is -0.359. The first kappa shape index (κ1) is 13.2. The van der Waals surface area contributed by atoms with Gasteiger partial charge in [-0.3, -0.25) is 9.59 Å². The average molecular weight is 235 g/mol. The summed E-state index contributed by atoms with van der Waals surface area (Å²) in [6.45, 7) is 5.22. The molecule has 0 aromatic heterocycles. The molecule has 0 aliphatic heterocycles. The molecule has 0 heterocycles. The monoisotopic (exact) mass is 235 g/mol. The highest BCUT2D eigenvalue weighted by molar-refractivity contribution is 5.73. The summed E-state index contributed by atoms with van der Waals surface area (Å²) in [5.41, 5.74) is 1.93.